The molecule has 18 heavy (non-hydrogen) atoms. The second-order valence-electron chi connectivity index (χ2n) is 4.49. The van der Waals surface area contributed by atoms with E-state index >= 15 is 0 Å². The van der Waals surface area contributed by atoms with Gasteiger partial charge in [0.15, 0.2) is 0 Å². The number of carbonyl (C=O) groups is 1. The SMILES string of the molecule is CC(O)CCC(=O)Nc1cc(Br)ccc1N(C)C. The molecule has 1 unspecified atom stereocenters. The number of hydrogen-bond acceptors (Lipinski definition) is 3. The lowest BCUT2D eigenvalue weighted by Gasteiger charge is -2.18. The van der Waals surface area contributed by atoms with Crippen LogP contribution in [-0.4, -0.2) is 31.2 Å². The van der Waals surface area contributed by atoms with E-state index in [9.17, 15) is 4.79 Å². The molecule has 1 atom stereocenters. The third-order valence-electron chi connectivity index (χ3n) is 2.50. The van der Waals surface area contributed by atoms with E-state index in [1.54, 1.807) is 6.92 Å². The van der Waals surface area contributed by atoms with Gasteiger partial charge < -0.3 is 15.3 Å². The molecular weight excluding hydrogens is 296 g/mol. The maximum Gasteiger partial charge on any atom is 0.224 e. The average Bonchev–Trinajstić information content (AvgIpc) is 2.26. The summed E-state index contributed by atoms with van der Waals surface area (Å²) in [4.78, 5) is 13.7. The van der Waals surface area contributed by atoms with Gasteiger partial charge >= 0.3 is 0 Å². The van der Waals surface area contributed by atoms with E-state index in [1.807, 2.05) is 37.2 Å². The van der Waals surface area contributed by atoms with Crippen molar-refractivity contribution in [2.75, 3.05) is 24.3 Å². The summed E-state index contributed by atoms with van der Waals surface area (Å²) in [6, 6.07) is 5.74. The molecular formula is C13H19BrN2O2. The third-order valence-corrected chi connectivity index (χ3v) is 3.00. The lowest BCUT2D eigenvalue weighted by Crippen LogP contribution is -2.17. The van der Waals surface area contributed by atoms with Gasteiger partial charge in [-0.2, -0.15) is 0 Å². The number of aliphatic hydroxyl groups excluding tert-OH is 1. The van der Waals surface area contributed by atoms with Gasteiger partial charge in [0, 0.05) is 25.0 Å². The number of rotatable bonds is 5. The molecule has 0 aliphatic rings. The van der Waals surface area contributed by atoms with E-state index in [0.717, 1.165) is 15.8 Å². The standard InChI is InChI=1S/C13H19BrN2O2/c1-9(17)4-7-13(18)15-11-8-10(14)5-6-12(11)16(2)3/h5-6,8-9,17H,4,7H2,1-3H3,(H,15,18). The molecule has 0 heterocycles. The summed E-state index contributed by atoms with van der Waals surface area (Å²) < 4.78 is 0.916. The molecule has 0 bridgehead atoms. The Morgan fingerprint density at radius 3 is 2.72 bits per heavy atom. The number of nitrogens with one attached hydrogen (secondary N) is 1. The molecule has 2 N–H and O–H groups in total. The van der Waals surface area contributed by atoms with E-state index in [0.29, 0.717) is 12.8 Å². The Balaban J connectivity index is 2.76. The van der Waals surface area contributed by atoms with Crippen molar-refractivity contribution in [3.8, 4) is 0 Å². The van der Waals surface area contributed by atoms with Gasteiger partial charge in [0.1, 0.15) is 0 Å². The molecule has 0 aliphatic carbocycles. The van der Waals surface area contributed by atoms with Gasteiger partial charge in [-0.15, -0.1) is 0 Å². The Morgan fingerprint density at radius 1 is 1.50 bits per heavy atom. The summed E-state index contributed by atoms with van der Waals surface area (Å²) in [5.41, 5.74) is 1.72. The maximum atomic E-state index is 11.7. The normalized spacial score (nSPS) is 12.1. The highest BCUT2D eigenvalue weighted by atomic mass is 79.9. The van der Waals surface area contributed by atoms with Crippen LogP contribution in [0.4, 0.5) is 11.4 Å². The van der Waals surface area contributed by atoms with Gasteiger partial charge in [-0.1, -0.05) is 15.9 Å². The molecule has 0 aromatic heterocycles. The maximum absolute atomic E-state index is 11.7. The van der Waals surface area contributed by atoms with Crippen molar-refractivity contribution >= 4 is 33.2 Å². The van der Waals surface area contributed by atoms with Gasteiger partial charge in [0.2, 0.25) is 5.91 Å². The van der Waals surface area contributed by atoms with Gasteiger partial charge in [0.05, 0.1) is 17.5 Å². The molecule has 4 nitrogen and oxygen atoms in total. The van der Waals surface area contributed by atoms with Crippen molar-refractivity contribution in [3.63, 3.8) is 0 Å². The first kappa shape index (κ1) is 15.0. The molecule has 1 rings (SSSR count). The van der Waals surface area contributed by atoms with E-state index in [1.165, 1.54) is 0 Å². The van der Waals surface area contributed by atoms with Crippen molar-refractivity contribution < 1.29 is 9.90 Å². The van der Waals surface area contributed by atoms with Crippen molar-refractivity contribution in [1.82, 2.24) is 0 Å². The zero-order valence-corrected chi connectivity index (χ0v) is 12.5. The minimum atomic E-state index is -0.452. The number of carbonyl (C=O) groups excluding carboxylic acids is 1. The van der Waals surface area contributed by atoms with E-state index in [4.69, 9.17) is 5.11 Å². The van der Waals surface area contributed by atoms with Crippen LogP contribution in [0.5, 0.6) is 0 Å². The summed E-state index contributed by atoms with van der Waals surface area (Å²) in [6.07, 6.45) is 0.334. The summed E-state index contributed by atoms with van der Waals surface area (Å²) in [6.45, 7) is 1.68. The molecule has 0 fully saturated rings. The monoisotopic (exact) mass is 314 g/mol. The first-order valence-corrected chi connectivity index (χ1v) is 6.64. The fourth-order valence-electron chi connectivity index (χ4n) is 1.55. The van der Waals surface area contributed by atoms with E-state index in [2.05, 4.69) is 21.2 Å². The number of nitrogens with zero attached hydrogens (tertiary/aromatic N) is 1. The fraction of sp³-hybridized carbons (Fsp3) is 0.462. The van der Waals surface area contributed by atoms with Crippen molar-refractivity contribution in [2.45, 2.75) is 25.9 Å². The molecule has 0 saturated heterocycles. The Morgan fingerprint density at radius 2 is 2.17 bits per heavy atom. The minimum absolute atomic E-state index is 0.0860. The van der Waals surface area contributed by atoms with Crippen LogP contribution < -0.4 is 10.2 Å². The summed E-state index contributed by atoms with van der Waals surface area (Å²) >= 11 is 3.39. The van der Waals surface area contributed by atoms with Crippen LogP contribution in [0.15, 0.2) is 22.7 Å². The van der Waals surface area contributed by atoms with E-state index < -0.39 is 6.10 Å². The Bertz CT molecular complexity index is 419. The zero-order valence-electron chi connectivity index (χ0n) is 10.9. The van der Waals surface area contributed by atoms with Crippen molar-refractivity contribution in [3.05, 3.63) is 22.7 Å². The predicted octanol–water partition coefficient (Wildman–Crippen LogP) is 2.61. The van der Waals surface area contributed by atoms with Crippen LogP contribution in [0, 0.1) is 0 Å². The largest absolute Gasteiger partial charge is 0.393 e. The molecule has 0 spiro atoms. The van der Waals surface area contributed by atoms with Crippen LogP contribution in [0.25, 0.3) is 0 Å². The zero-order chi connectivity index (χ0) is 13.7. The van der Waals surface area contributed by atoms with Crippen molar-refractivity contribution in [2.24, 2.45) is 0 Å². The first-order chi connectivity index (χ1) is 8.40. The number of amides is 1. The number of benzene rings is 1. The Kier molecular flexibility index (Phi) is 5.62. The smallest absolute Gasteiger partial charge is 0.224 e. The van der Waals surface area contributed by atoms with Gasteiger partial charge in [-0.25, -0.2) is 0 Å². The first-order valence-electron chi connectivity index (χ1n) is 5.85. The molecule has 1 amide bonds. The molecule has 1 aromatic carbocycles. The Hall–Kier alpha value is -1.07. The second-order valence-corrected chi connectivity index (χ2v) is 5.41. The fourth-order valence-corrected chi connectivity index (χ4v) is 1.91. The molecule has 0 aliphatic heterocycles. The summed E-state index contributed by atoms with van der Waals surface area (Å²) in [7, 11) is 3.85. The molecule has 100 valence electrons. The summed E-state index contributed by atoms with van der Waals surface area (Å²) in [5.74, 6) is -0.0860. The van der Waals surface area contributed by atoms with E-state index in [-0.39, 0.29) is 5.91 Å². The minimum Gasteiger partial charge on any atom is -0.393 e. The van der Waals surface area contributed by atoms with Crippen LogP contribution in [0.3, 0.4) is 0 Å². The van der Waals surface area contributed by atoms with Crippen LogP contribution >= 0.6 is 15.9 Å². The number of anilines is 2. The van der Waals surface area contributed by atoms with Gasteiger partial charge in [0.25, 0.3) is 0 Å². The van der Waals surface area contributed by atoms with Crippen molar-refractivity contribution in [1.29, 1.82) is 0 Å². The average molecular weight is 315 g/mol. The van der Waals surface area contributed by atoms with Gasteiger partial charge in [-0.05, 0) is 31.5 Å². The molecule has 1 aromatic rings. The highest BCUT2D eigenvalue weighted by Gasteiger charge is 2.10. The van der Waals surface area contributed by atoms with Gasteiger partial charge in [-0.3, -0.25) is 4.79 Å². The van der Waals surface area contributed by atoms with Crippen LogP contribution in [-0.2, 0) is 4.79 Å². The topological polar surface area (TPSA) is 52.6 Å². The second kappa shape index (κ2) is 6.75. The predicted molar refractivity (Wildman–Crippen MR) is 78.0 cm³/mol. The van der Waals surface area contributed by atoms with Crippen LogP contribution in [0.1, 0.15) is 19.8 Å². The third kappa shape index (κ3) is 4.66. The quantitative estimate of drug-likeness (QED) is 0.878. The van der Waals surface area contributed by atoms with Crippen LogP contribution in [0.2, 0.25) is 0 Å². The highest BCUT2D eigenvalue weighted by Crippen LogP contribution is 2.28. The lowest BCUT2D eigenvalue weighted by atomic mass is 10.2. The summed E-state index contributed by atoms with van der Waals surface area (Å²) in [5, 5.41) is 12.0. The number of aliphatic hydroxyl groups is 1. The lowest BCUT2D eigenvalue weighted by molar-refractivity contribution is -0.116. The molecule has 0 radical (unpaired) electrons. The molecule has 5 heteroatoms. The Labute approximate surface area is 116 Å². The number of halogens is 1. The highest BCUT2D eigenvalue weighted by molar-refractivity contribution is 9.10. The number of hydrogen-bond donors (Lipinski definition) is 2. The molecule has 0 saturated carbocycles.